The minimum atomic E-state index is -4.68. The topological polar surface area (TPSA) is 150 Å². The highest BCUT2D eigenvalue weighted by Crippen LogP contribution is 2.52. The number of amides is 2. The summed E-state index contributed by atoms with van der Waals surface area (Å²) >= 11 is 1.51. The molecule has 0 unspecified atom stereocenters. The highest BCUT2D eigenvalue weighted by Gasteiger charge is 2.65. The van der Waals surface area contributed by atoms with Gasteiger partial charge in [0.05, 0.1) is 19.0 Å². The van der Waals surface area contributed by atoms with Crippen molar-refractivity contribution >= 4 is 50.9 Å². The van der Waals surface area contributed by atoms with E-state index in [1.165, 1.54) is 23.5 Å². The SMILES string of the molecule is C#CCNC(=O)[C@H](CCCCNc1nc(N2CCC(C(=O)c3ccc(OC)cc3)CC2)c2ccsc2n1)NC(=O)c1ccc(C2(C(F)(F)F)N=N2)cc1. The first-order valence-corrected chi connectivity index (χ1v) is 18.0. The number of methoxy groups -OCH3 is 1. The average molecular weight is 747 g/mol. The molecule has 4 heterocycles. The van der Waals surface area contributed by atoms with Gasteiger partial charge in [0.25, 0.3) is 5.91 Å². The van der Waals surface area contributed by atoms with Crippen molar-refractivity contribution in [2.45, 2.75) is 50.0 Å². The lowest BCUT2D eigenvalue weighted by Crippen LogP contribution is -2.46. The van der Waals surface area contributed by atoms with Gasteiger partial charge in [-0.25, -0.2) is 4.98 Å². The van der Waals surface area contributed by atoms with Crippen LogP contribution in [-0.4, -0.2) is 73.1 Å². The second-order valence-electron chi connectivity index (χ2n) is 12.7. The van der Waals surface area contributed by atoms with Crippen LogP contribution in [0, 0.1) is 18.3 Å². The molecule has 0 aliphatic carbocycles. The number of carbonyl (C=O) groups excluding carboxylic acids is 3. The van der Waals surface area contributed by atoms with Gasteiger partial charge in [-0.2, -0.15) is 18.2 Å². The molecule has 12 nitrogen and oxygen atoms in total. The van der Waals surface area contributed by atoms with E-state index in [0.29, 0.717) is 62.6 Å². The molecule has 1 saturated heterocycles. The molecule has 0 bridgehead atoms. The minimum Gasteiger partial charge on any atom is -0.497 e. The average Bonchev–Trinajstić information content (AvgIpc) is 3.87. The van der Waals surface area contributed by atoms with Gasteiger partial charge in [0.2, 0.25) is 11.9 Å². The molecule has 2 aliphatic rings. The number of thiophene rings is 1. The molecule has 4 aromatic rings. The molecule has 1 fully saturated rings. The van der Waals surface area contributed by atoms with E-state index in [9.17, 15) is 27.6 Å². The van der Waals surface area contributed by atoms with Crippen molar-refractivity contribution in [2.75, 3.05) is 43.5 Å². The molecule has 0 saturated carbocycles. The number of halogens is 3. The molecule has 6 rings (SSSR count). The number of hydrogen-bond acceptors (Lipinski definition) is 11. The van der Waals surface area contributed by atoms with E-state index in [2.05, 4.69) is 42.0 Å². The van der Waals surface area contributed by atoms with Crippen molar-refractivity contribution in [3.63, 3.8) is 0 Å². The molecular weight excluding hydrogens is 710 g/mol. The van der Waals surface area contributed by atoms with Gasteiger partial charge in [-0.3, -0.25) is 14.4 Å². The van der Waals surface area contributed by atoms with Gasteiger partial charge in [0.15, 0.2) is 5.78 Å². The van der Waals surface area contributed by atoms with Crippen molar-refractivity contribution in [2.24, 2.45) is 16.1 Å². The van der Waals surface area contributed by atoms with Gasteiger partial charge in [-0.05, 0) is 79.9 Å². The van der Waals surface area contributed by atoms with Crippen LogP contribution in [0.1, 0.15) is 58.4 Å². The first-order chi connectivity index (χ1) is 25.5. The smallest absolute Gasteiger partial charge is 0.442 e. The van der Waals surface area contributed by atoms with Crippen LogP contribution in [0.15, 0.2) is 70.2 Å². The van der Waals surface area contributed by atoms with Crippen molar-refractivity contribution < 1.29 is 32.3 Å². The Morgan fingerprint density at radius 2 is 1.72 bits per heavy atom. The van der Waals surface area contributed by atoms with Crippen LogP contribution < -0.4 is 25.6 Å². The Kier molecular flexibility index (Phi) is 11.2. The molecule has 0 spiro atoms. The number of rotatable bonds is 15. The second kappa shape index (κ2) is 16.0. The van der Waals surface area contributed by atoms with Crippen LogP contribution in [0.3, 0.4) is 0 Å². The molecular formula is C37H37F3N8O4S. The fourth-order valence-electron chi connectivity index (χ4n) is 6.25. The fraction of sp³-hybridized carbons (Fsp3) is 0.378. The van der Waals surface area contributed by atoms with Crippen LogP contribution in [-0.2, 0) is 10.5 Å². The number of carbonyl (C=O) groups is 3. The predicted molar refractivity (Wildman–Crippen MR) is 194 cm³/mol. The first-order valence-electron chi connectivity index (χ1n) is 17.1. The summed E-state index contributed by atoms with van der Waals surface area (Å²) in [5, 5.41) is 17.8. The number of alkyl halides is 3. The molecule has 2 aromatic heterocycles. The van der Waals surface area contributed by atoms with Crippen LogP contribution >= 0.6 is 11.3 Å². The van der Waals surface area contributed by atoms with Crippen molar-refractivity contribution in [3.05, 3.63) is 76.7 Å². The minimum absolute atomic E-state index is 0.0322. The number of Topliss-reactive ketones (excluding diaryl/α,β-unsaturated/α-hetero) is 1. The molecule has 16 heteroatoms. The Bertz CT molecular complexity index is 2010. The third kappa shape index (κ3) is 8.41. The van der Waals surface area contributed by atoms with Crippen molar-refractivity contribution in [3.8, 4) is 18.1 Å². The van der Waals surface area contributed by atoms with Crippen molar-refractivity contribution in [1.29, 1.82) is 0 Å². The normalized spacial score (nSPS) is 15.7. The number of anilines is 2. The zero-order chi connectivity index (χ0) is 37.6. The number of ether oxygens (including phenoxy) is 1. The summed E-state index contributed by atoms with van der Waals surface area (Å²) in [6, 6.07) is 13.0. The summed E-state index contributed by atoms with van der Waals surface area (Å²) in [4.78, 5) is 51.6. The second-order valence-corrected chi connectivity index (χ2v) is 13.6. The lowest BCUT2D eigenvalue weighted by atomic mass is 9.89. The summed E-state index contributed by atoms with van der Waals surface area (Å²) in [7, 11) is 1.59. The standard InChI is InChI=1S/C37H37F3N8O4S/c1-3-18-41-33(51)29(43-32(50)25-7-11-26(12-8-25)36(46-47-36)37(38,39)40)6-4-5-19-42-35-44-31(28-17-22-53-34(28)45-35)48-20-15-24(16-21-48)30(49)23-9-13-27(52-2)14-10-23/h1,7-14,17,22,24,29H,4-6,15-16,18-21H2,2H3,(H,41,51)(H,43,50)(H,42,44,45)/t29-/m0/s1. The highest BCUT2D eigenvalue weighted by atomic mass is 32.1. The Morgan fingerprint density at radius 1 is 1.02 bits per heavy atom. The van der Waals surface area contributed by atoms with E-state index in [1.807, 2.05) is 11.4 Å². The summed E-state index contributed by atoms with van der Waals surface area (Å²) in [6.45, 7) is 1.80. The number of aromatic nitrogens is 2. The monoisotopic (exact) mass is 746 g/mol. The van der Waals surface area contributed by atoms with Gasteiger partial charge in [-0.1, -0.05) is 18.1 Å². The maximum atomic E-state index is 13.4. The predicted octanol–water partition coefficient (Wildman–Crippen LogP) is 6.11. The van der Waals surface area contributed by atoms with Crippen LogP contribution in [0.4, 0.5) is 24.9 Å². The van der Waals surface area contributed by atoms with Gasteiger partial charge >= 0.3 is 11.8 Å². The summed E-state index contributed by atoms with van der Waals surface area (Å²) in [6.07, 6.45) is 3.42. The molecule has 276 valence electrons. The first kappa shape index (κ1) is 37.2. The summed E-state index contributed by atoms with van der Waals surface area (Å²) in [5.74, 6) is 3.26. The van der Waals surface area contributed by atoms with E-state index in [0.717, 1.165) is 28.2 Å². The van der Waals surface area contributed by atoms with Crippen LogP contribution in [0.25, 0.3) is 10.2 Å². The van der Waals surface area contributed by atoms with E-state index >= 15 is 0 Å². The zero-order valence-electron chi connectivity index (χ0n) is 28.8. The van der Waals surface area contributed by atoms with E-state index < -0.39 is 29.7 Å². The van der Waals surface area contributed by atoms with Gasteiger partial charge in [0, 0.05) is 42.2 Å². The molecule has 3 N–H and O–H groups in total. The molecule has 2 amide bonds. The van der Waals surface area contributed by atoms with Gasteiger partial charge in [0.1, 0.15) is 22.4 Å². The number of terminal acetylenes is 1. The number of hydrogen-bond donors (Lipinski definition) is 3. The maximum Gasteiger partial charge on any atom is 0.442 e. The molecule has 0 radical (unpaired) electrons. The molecule has 53 heavy (non-hydrogen) atoms. The number of benzene rings is 2. The quantitative estimate of drug-likeness (QED) is 0.0750. The highest BCUT2D eigenvalue weighted by molar-refractivity contribution is 7.16. The van der Waals surface area contributed by atoms with Crippen LogP contribution in [0.5, 0.6) is 5.75 Å². The van der Waals surface area contributed by atoms with Gasteiger partial charge < -0.3 is 25.6 Å². The Labute approximate surface area is 307 Å². The number of fused-ring (bicyclic) bond motifs is 1. The lowest BCUT2D eigenvalue weighted by Gasteiger charge is -2.32. The van der Waals surface area contributed by atoms with Crippen molar-refractivity contribution in [1.82, 2.24) is 20.6 Å². The molecule has 1 atom stereocenters. The Balaban J connectivity index is 1.02. The van der Waals surface area contributed by atoms with E-state index in [-0.39, 0.29) is 35.8 Å². The largest absolute Gasteiger partial charge is 0.497 e. The summed E-state index contributed by atoms with van der Waals surface area (Å²) < 4.78 is 45.3. The maximum absolute atomic E-state index is 13.4. The van der Waals surface area contributed by atoms with Crippen LogP contribution in [0.2, 0.25) is 0 Å². The Morgan fingerprint density at radius 3 is 2.36 bits per heavy atom. The van der Waals surface area contributed by atoms with Gasteiger partial charge in [-0.15, -0.1) is 28.0 Å². The fourth-order valence-corrected chi connectivity index (χ4v) is 7.00. The zero-order valence-corrected chi connectivity index (χ0v) is 29.6. The number of ketones is 1. The Hall–Kier alpha value is -5.56. The number of unbranched alkanes of at least 4 members (excludes halogenated alkanes) is 1. The van der Waals surface area contributed by atoms with E-state index in [4.69, 9.17) is 16.1 Å². The lowest BCUT2D eigenvalue weighted by molar-refractivity contribution is -0.166. The molecule has 2 aliphatic heterocycles. The number of piperidine rings is 1. The number of nitrogens with one attached hydrogen (secondary N) is 3. The van der Waals surface area contributed by atoms with E-state index in [1.54, 1.807) is 31.4 Å². The number of nitrogens with zero attached hydrogens (tertiary/aromatic N) is 5. The third-order valence-corrected chi connectivity index (χ3v) is 10.1. The third-order valence-electron chi connectivity index (χ3n) is 9.28. The molecule has 2 aromatic carbocycles. The summed E-state index contributed by atoms with van der Waals surface area (Å²) in [5.41, 5.74) is -2.03.